The normalized spacial score (nSPS) is 24.5. The molecular weight excluding hydrogens is 248 g/mol. The van der Waals surface area contributed by atoms with E-state index in [0.29, 0.717) is 0 Å². The molecule has 0 amide bonds. The number of piperidine rings is 1. The van der Waals surface area contributed by atoms with Gasteiger partial charge in [0.15, 0.2) is 5.13 Å². The van der Waals surface area contributed by atoms with E-state index in [1.807, 2.05) is 5.38 Å². The second-order valence-electron chi connectivity index (χ2n) is 5.21. The van der Waals surface area contributed by atoms with Crippen LogP contribution in [-0.4, -0.2) is 34.9 Å². The maximum Gasteiger partial charge on any atom is 0.185 e. The fourth-order valence-corrected chi connectivity index (χ4v) is 3.67. The van der Waals surface area contributed by atoms with E-state index in [-0.39, 0.29) is 18.6 Å². The van der Waals surface area contributed by atoms with Crippen molar-refractivity contribution in [1.82, 2.24) is 4.98 Å². The lowest BCUT2D eigenvalue weighted by molar-refractivity contribution is 0.0954. The van der Waals surface area contributed by atoms with Gasteiger partial charge in [-0.05, 0) is 19.3 Å². The van der Waals surface area contributed by atoms with Gasteiger partial charge in [-0.25, -0.2) is 4.98 Å². The summed E-state index contributed by atoms with van der Waals surface area (Å²) in [6, 6.07) is 0. The van der Waals surface area contributed by atoms with Gasteiger partial charge in [0.2, 0.25) is 0 Å². The Bertz CT molecular complexity index is 379. The van der Waals surface area contributed by atoms with E-state index in [9.17, 15) is 5.11 Å². The molecule has 0 bridgehead atoms. The van der Waals surface area contributed by atoms with E-state index in [4.69, 9.17) is 5.11 Å². The summed E-state index contributed by atoms with van der Waals surface area (Å²) in [5.74, 6) is 0. The Labute approximate surface area is 112 Å². The van der Waals surface area contributed by atoms with Crippen molar-refractivity contribution in [3.05, 3.63) is 11.1 Å². The predicted octanol–water partition coefficient (Wildman–Crippen LogP) is 2.01. The van der Waals surface area contributed by atoms with Gasteiger partial charge in [0.25, 0.3) is 0 Å². The number of hydrogen-bond acceptors (Lipinski definition) is 5. The van der Waals surface area contributed by atoms with Crippen LogP contribution in [-0.2, 0) is 6.61 Å². The second-order valence-corrected chi connectivity index (χ2v) is 6.05. The fraction of sp³-hybridized carbons (Fsp3) is 0.769. The van der Waals surface area contributed by atoms with Gasteiger partial charge in [-0.2, -0.15) is 0 Å². The summed E-state index contributed by atoms with van der Waals surface area (Å²) in [6.07, 6.45) is 4.38. The monoisotopic (exact) mass is 270 g/mol. The van der Waals surface area contributed by atoms with E-state index in [1.54, 1.807) is 11.3 Å². The summed E-state index contributed by atoms with van der Waals surface area (Å²) in [6.45, 7) is 4.32. The average molecular weight is 270 g/mol. The molecule has 0 saturated carbocycles. The third-order valence-corrected chi connectivity index (χ3v) is 4.70. The molecule has 1 aliphatic rings. The second kappa shape index (κ2) is 5.99. The van der Waals surface area contributed by atoms with Gasteiger partial charge in [0.05, 0.1) is 18.9 Å². The molecule has 1 atom stereocenters. The smallest absolute Gasteiger partial charge is 0.185 e. The lowest BCUT2D eigenvalue weighted by Gasteiger charge is -2.41. The summed E-state index contributed by atoms with van der Waals surface area (Å²) in [4.78, 5) is 6.69. The molecule has 0 aliphatic carbocycles. The van der Waals surface area contributed by atoms with E-state index in [1.165, 1.54) is 0 Å². The van der Waals surface area contributed by atoms with Crippen molar-refractivity contribution in [2.24, 2.45) is 5.41 Å². The standard InChI is InChI=1S/C13H22N2O2S/c1-2-4-13(10-17)5-3-6-15(9-13)12-14-11(7-16)8-18-12/h8,16-17H,2-7,9-10H2,1H3. The average Bonchev–Trinajstić information content (AvgIpc) is 2.88. The van der Waals surface area contributed by atoms with E-state index in [0.717, 1.165) is 49.6 Å². The highest BCUT2D eigenvalue weighted by Gasteiger charge is 2.35. The topological polar surface area (TPSA) is 56.6 Å². The fourth-order valence-electron chi connectivity index (χ4n) is 2.83. The minimum atomic E-state index is 0.00441. The first-order valence-corrected chi connectivity index (χ1v) is 7.52. The molecule has 2 heterocycles. The molecule has 1 aliphatic heterocycles. The van der Waals surface area contributed by atoms with E-state index in [2.05, 4.69) is 16.8 Å². The maximum absolute atomic E-state index is 9.71. The number of rotatable bonds is 5. The number of anilines is 1. The molecule has 1 aromatic heterocycles. The third-order valence-electron chi connectivity index (χ3n) is 3.75. The van der Waals surface area contributed by atoms with Crippen molar-refractivity contribution in [1.29, 1.82) is 0 Å². The molecule has 102 valence electrons. The third kappa shape index (κ3) is 2.84. The Morgan fingerprint density at radius 2 is 2.33 bits per heavy atom. The van der Waals surface area contributed by atoms with Gasteiger partial charge >= 0.3 is 0 Å². The van der Waals surface area contributed by atoms with Gasteiger partial charge in [0, 0.05) is 23.9 Å². The van der Waals surface area contributed by atoms with Gasteiger partial charge in [-0.15, -0.1) is 11.3 Å². The Morgan fingerprint density at radius 1 is 1.50 bits per heavy atom. The van der Waals surface area contributed by atoms with Crippen LogP contribution in [0.5, 0.6) is 0 Å². The summed E-state index contributed by atoms with van der Waals surface area (Å²) in [5, 5.41) is 21.7. The molecule has 1 fully saturated rings. The molecule has 4 nitrogen and oxygen atoms in total. The predicted molar refractivity (Wildman–Crippen MR) is 73.9 cm³/mol. The highest BCUT2D eigenvalue weighted by molar-refractivity contribution is 7.13. The molecule has 0 radical (unpaired) electrons. The van der Waals surface area contributed by atoms with Gasteiger partial charge < -0.3 is 15.1 Å². The zero-order valence-corrected chi connectivity index (χ0v) is 11.7. The zero-order chi connectivity index (χ0) is 13.0. The van der Waals surface area contributed by atoms with Crippen molar-refractivity contribution in [3.63, 3.8) is 0 Å². The Morgan fingerprint density at radius 3 is 2.94 bits per heavy atom. The summed E-state index contributed by atoms with van der Waals surface area (Å²) in [7, 11) is 0. The number of aliphatic hydroxyl groups is 2. The highest BCUT2D eigenvalue weighted by Crippen LogP contribution is 2.36. The molecule has 18 heavy (non-hydrogen) atoms. The number of thiazole rings is 1. The summed E-state index contributed by atoms with van der Waals surface area (Å²) >= 11 is 1.58. The van der Waals surface area contributed by atoms with E-state index >= 15 is 0 Å². The first kappa shape index (κ1) is 13.8. The quantitative estimate of drug-likeness (QED) is 0.859. The molecular formula is C13H22N2O2S. The van der Waals surface area contributed by atoms with E-state index < -0.39 is 0 Å². The summed E-state index contributed by atoms with van der Waals surface area (Å²) < 4.78 is 0. The SMILES string of the molecule is CCCC1(CO)CCCN(c2nc(CO)cs2)C1. The number of aliphatic hydroxyl groups excluding tert-OH is 2. The molecule has 0 spiro atoms. The van der Waals surface area contributed by atoms with Crippen LogP contribution < -0.4 is 4.90 Å². The van der Waals surface area contributed by atoms with Crippen LogP contribution in [0.3, 0.4) is 0 Å². The molecule has 0 aromatic carbocycles. The first-order valence-electron chi connectivity index (χ1n) is 6.64. The van der Waals surface area contributed by atoms with Crippen molar-refractivity contribution in [3.8, 4) is 0 Å². The molecule has 1 saturated heterocycles. The van der Waals surface area contributed by atoms with Crippen LogP contribution in [0.2, 0.25) is 0 Å². The number of aromatic nitrogens is 1. The highest BCUT2D eigenvalue weighted by atomic mass is 32.1. The largest absolute Gasteiger partial charge is 0.396 e. The lowest BCUT2D eigenvalue weighted by Crippen LogP contribution is -2.45. The zero-order valence-electron chi connectivity index (χ0n) is 10.9. The van der Waals surface area contributed by atoms with Crippen molar-refractivity contribution >= 4 is 16.5 Å². The molecule has 2 rings (SSSR count). The first-order chi connectivity index (χ1) is 8.73. The Hall–Kier alpha value is -0.650. The van der Waals surface area contributed by atoms with Crippen molar-refractivity contribution < 1.29 is 10.2 Å². The molecule has 1 unspecified atom stereocenters. The molecule has 1 aromatic rings. The minimum Gasteiger partial charge on any atom is -0.396 e. The van der Waals surface area contributed by atoms with Crippen LogP contribution in [0.25, 0.3) is 0 Å². The molecule has 2 N–H and O–H groups in total. The minimum absolute atomic E-state index is 0.00441. The van der Waals surface area contributed by atoms with Crippen LogP contribution in [0, 0.1) is 5.41 Å². The summed E-state index contributed by atoms with van der Waals surface area (Å²) in [5.41, 5.74) is 0.781. The Kier molecular flexibility index (Phi) is 4.59. The van der Waals surface area contributed by atoms with Gasteiger partial charge in [-0.1, -0.05) is 13.3 Å². The van der Waals surface area contributed by atoms with Gasteiger partial charge in [-0.3, -0.25) is 0 Å². The molecule has 5 heteroatoms. The maximum atomic E-state index is 9.71. The number of hydrogen-bond donors (Lipinski definition) is 2. The van der Waals surface area contributed by atoms with Crippen molar-refractivity contribution in [2.45, 2.75) is 39.2 Å². The Balaban J connectivity index is 2.09. The van der Waals surface area contributed by atoms with Gasteiger partial charge in [0.1, 0.15) is 0 Å². The van der Waals surface area contributed by atoms with Crippen molar-refractivity contribution in [2.75, 3.05) is 24.6 Å². The van der Waals surface area contributed by atoms with Crippen LogP contribution in [0.4, 0.5) is 5.13 Å². The van der Waals surface area contributed by atoms with Crippen LogP contribution >= 0.6 is 11.3 Å². The van der Waals surface area contributed by atoms with Crippen LogP contribution in [0.1, 0.15) is 38.3 Å². The number of nitrogens with zero attached hydrogens (tertiary/aromatic N) is 2. The lowest BCUT2D eigenvalue weighted by atomic mass is 9.77. The van der Waals surface area contributed by atoms with Crippen LogP contribution in [0.15, 0.2) is 5.38 Å².